The van der Waals surface area contributed by atoms with Crippen LogP contribution in [0.25, 0.3) is 0 Å². The molecule has 0 aliphatic carbocycles. The van der Waals surface area contributed by atoms with Gasteiger partial charge in [0.25, 0.3) is 0 Å². The van der Waals surface area contributed by atoms with E-state index in [2.05, 4.69) is 4.99 Å². The maximum atomic E-state index is 12.3. The maximum Gasteiger partial charge on any atom is 0.335 e. The van der Waals surface area contributed by atoms with Gasteiger partial charge in [-0.3, -0.25) is 9.79 Å². The second-order valence-electron chi connectivity index (χ2n) is 5.36. The van der Waals surface area contributed by atoms with Gasteiger partial charge in [-0.1, -0.05) is 0 Å². The summed E-state index contributed by atoms with van der Waals surface area (Å²) in [6.07, 6.45) is 2.81. The van der Waals surface area contributed by atoms with Crippen LogP contribution in [0.4, 0.5) is 0 Å². The Morgan fingerprint density at radius 1 is 0.923 bits per heavy atom. The number of nitrogens with zero attached hydrogens (tertiary/aromatic N) is 1. The molecular weight excluding hydrogens is 342 g/mol. The van der Waals surface area contributed by atoms with Crippen LogP contribution in [0.5, 0.6) is 17.2 Å². The highest BCUT2D eigenvalue weighted by molar-refractivity contribution is 5.99. The number of methoxy groups -OCH3 is 5. The lowest BCUT2D eigenvalue weighted by Gasteiger charge is -2.27. The molecule has 0 saturated heterocycles. The number of benzene rings is 1. The molecule has 26 heavy (non-hydrogen) atoms. The third-order valence-electron chi connectivity index (χ3n) is 4.10. The lowest BCUT2D eigenvalue weighted by molar-refractivity contribution is -0.143. The smallest absolute Gasteiger partial charge is 0.335 e. The van der Waals surface area contributed by atoms with Crippen molar-refractivity contribution in [1.29, 1.82) is 0 Å². The summed E-state index contributed by atoms with van der Waals surface area (Å²) in [7, 11) is 7.00. The number of ether oxygens (including phenoxy) is 5. The lowest BCUT2D eigenvalue weighted by Crippen LogP contribution is -2.31. The molecule has 8 heteroatoms. The van der Waals surface area contributed by atoms with Gasteiger partial charge in [-0.25, -0.2) is 4.79 Å². The summed E-state index contributed by atoms with van der Waals surface area (Å²) >= 11 is 0. The van der Waals surface area contributed by atoms with Crippen LogP contribution in [0.1, 0.15) is 11.5 Å². The summed E-state index contributed by atoms with van der Waals surface area (Å²) in [5.41, 5.74) is 0.817. The van der Waals surface area contributed by atoms with Crippen molar-refractivity contribution in [3.63, 3.8) is 0 Å². The molecule has 1 heterocycles. The summed E-state index contributed by atoms with van der Waals surface area (Å²) in [5.74, 6) is -1.39. The zero-order valence-corrected chi connectivity index (χ0v) is 15.3. The summed E-state index contributed by atoms with van der Waals surface area (Å²) in [4.78, 5) is 28.5. The first-order valence-electron chi connectivity index (χ1n) is 7.71. The first-order chi connectivity index (χ1) is 12.5. The first kappa shape index (κ1) is 19.3. The number of hydrogen-bond donors (Lipinski definition) is 0. The SMILES string of the molecule is COC(=O)C1=CN=CC(C(=O)OC)[C@@H]1c1cc(OC)c(OC)c(OC)c1. The molecule has 2 rings (SSSR count). The average molecular weight is 363 g/mol. The average Bonchev–Trinajstić information content (AvgIpc) is 2.70. The van der Waals surface area contributed by atoms with Gasteiger partial charge in [0.15, 0.2) is 11.5 Å². The number of rotatable bonds is 6. The highest BCUT2D eigenvalue weighted by atomic mass is 16.5. The largest absolute Gasteiger partial charge is 0.493 e. The zero-order chi connectivity index (χ0) is 19.3. The van der Waals surface area contributed by atoms with Gasteiger partial charge in [0.2, 0.25) is 5.75 Å². The van der Waals surface area contributed by atoms with Gasteiger partial charge in [-0.15, -0.1) is 0 Å². The molecule has 0 fully saturated rings. The van der Waals surface area contributed by atoms with Crippen LogP contribution in [-0.2, 0) is 19.1 Å². The van der Waals surface area contributed by atoms with Crippen LogP contribution < -0.4 is 14.2 Å². The van der Waals surface area contributed by atoms with E-state index in [0.717, 1.165) is 0 Å². The number of carbonyl (C=O) groups excluding carboxylic acids is 2. The molecule has 0 bridgehead atoms. The second-order valence-corrected chi connectivity index (χ2v) is 5.36. The van der Waals surface area contributed by atoms with Crippen molar-refractivity contribution in [2.24, 2.45) is 10.9 Å². The van der Waals surface area contributed by atoms with Crippen molar-refractivity contribution in [3.05, 3.63) is 29.5 Å². The Balaban J connectivity index is 2.66. The fourth-order valence-corrected chi connectivity index (χ4v) is 2.87. The van der Waals surface area contributed by atoms with Crippen LogP contribution in [-0.4, -0.2) is 53.7 Å². The van der Waals surface area contributed by atoms with E-state index in [0.29, 0.717) is 22.8 Å². The van der Waals surface area contributed by atoms with Gasteiger partial charge in [0, 0.05) is 18.3 Å². The monoisotopic (exact) mass is 363 g/mol. The molecule has 1 aliphatic heterocycles. The van der Waals surface area contributed by atoms with Crippen molar-refractivity contribution in [2.75, 3.05) is 35.5 Å². The van der Waals surface area contributed by atoms with E-state index in [1.807, 2.05) is 0 Å². The summed E-state index contributed by atoms with van der Waals surface area (Å²) in [6, 6.07) is 3.36. The number of aliphatic imine (C=N–C) groups is 1. The summed E-state index contributed by atoms with van der Waals surface area (Å²) in [6.45, 7) is 0. The molecule has 0 radical (unpaired) electrons. The number of hydrogen-bond acceptors (Lipinski definition) is 8. The molecular formula is C18H21NO7. The molecule has 0 N–H and O–H groups in total. The van der Waals surface area contributed by atoms with Gasteiger partial charge < -0.3 is 23.7 Å². The highest BCUT2D eigenvalue weighted by Gasteiger charge is 2.38. The van der Waals surface area contributed by atoms with E-state index in [1.54, 1.807) is 12.1 Å². The molecule has 8 nitrogen and oxygen atoms in total. The molecule has 1 aromatic carbocycles. The highest BCUT2D eigenvalue weighted by Crippen LogP contribution is 2.44. The van der Waals surface area contributed by atoms with E-state index >= 15 is 0 Å². The van der Waals surface area contributed by atoms with E-state index in [9.17, 15) is 9.59 Å². The van der Waals surface area contributed by atoms with Gasteiger partial charge >= 0.3 is 11.9 Å². The van der Waals surface area contributed by atoms with Crippen molar-refractivity contribution < 1.29 is 33.3 Å². The summed E-state index contributed by atoms with van der Waals surface area (Å²) in [5, 5.41) is 0. The predicted molar refractivity (Wildman–Crippen MR) is 92.9 cm³/mol. The Kier molecular flexibility index (Phi) is 6.21. The van der Waals surface area contributed by atoms with Gasteiger partial charge in [-0.2, -0.15) is 0 Å². The normalized spacial score (nSPS) is 18.6. The topological polar surface area (TPSA) is 92.7 Å². The third kappa shape index (κ3) is 3.49. The molecule has 0 aromatic heterocycles. The predicted octanol–water partition coefficient (Wildman–Crippen LogP) is 1.73. The molecule has 1 aromatic rings. The second kappa shape index (κ2) is 8.37. The Labute approximate surface area is 151 Å². The van der Waals surface area contributed by atoms with Crippen molar-refractivity contribution in [1.82, 2.24) is 0 Å². The fourth-order valence-electron chi connectivity index (χ4n) is 2.87. The van der Waals surface area contributed by atoms with E-state index in [4.69, 9.17) is 23.7 Å². The lowest BCUT2D eigenvalue weighted by atomic mass is 9.79. The molecule has 0 saturated carbocycles. The van der Waals surface area contributed by atoms with Gasteiger partial charge in [0.05, 0.1) is 41.1 Å². The Bertz CT molecular complexity index is 729. The summed E-state index contributed by atoms with van der Waals surface area (Å²) < 4.78 is 25.8. The van der Waals surface area contributed by atoms with E-state index in [-0.39, 0.29) is 5.57 Å². The maximum absolute atomic E-state index is 12.3. The quantitative estimate of drug-likeness (QED) is 0.711. The minimum atomic E-state index is -0.804. The van der Waals surface area contributed by atoms with Crippen molar-refractivity contribution >= 4 is 18.2 Å². The first-order valence-corrected chi connectivity index (χ1v) is 7.71. The number of esters is 2. The minimum Gasteiger partial charge on any atom is -0.493 e. The van der Waals surface area contributed by atoms with Gasteiger partial charge in [0.1, 0.15) is 5.92 Å². The van der Waals surface area contributed by atoms with Crippen LogP contribution in [0.15, 0.2) is 28.9 Å². The zero-order valence-electron chi connectivity index (χ0n) is 15.3. The Hall–Kier alpha value is -3.03. The van der Waals surface area contributed by atoms with Gasteiger partial charge in [-0.05, 0) is 17.7 Å². The molecule has 0 amide bonds. The van der Waals surface area contributed by atoms with Crippen LogP contribution in [0, 0.1) is 5.92 Å². The standard InChI is InChI=1S/C18H21NO7/c1-22-13-6-10(7-14(23-2)16(13)24-3)15-11(17(20)25-4)8-19-9-12(15)18(21)26-5/h6-9,11,15H,1-5H3/t11?,15-/m0/s1. The number of carbonyl (C=O) groups is 2. The van der Waals surface area contributed by atoms with Crippen molar-refractivity contribution in [3.8, 4) is 17.2 Å². The Morgan fingerprint density at radius 3 is 2.00 bits per heavy atom. The fraction of sp³-hybridized carbons (Fsp3) is 0.389. The van der Waals surface area contributed by atoms with E-state index < -0.39 is 23.8 Å². The van der Waals surface area contributed by atoms with Crippen LogP contribution in [0.2, 0.25) is 0 Å². The Morgan fingerprint density at radius 2 is 1.54 bits per heavy atom. The van der Waals surface area contributed by atoms with E-state index in [1.165, 1.54) is 48.0 Å². The minimum absolute atomic E-state index is 0.222. The molecule has 140 valence electrons. The third-order valence-corrected chi connectivity index (χ3v) is 4.10. The van der Waals surface area contributed by atoms with Crippen LogP contribution in [0.3, 0.4) is 0 Å². The molecule has 0 spiro atoms. The van der Waals surface area contributed by atoms with Crippen molar-refractivity contribution in [2.45, 2.75) is 5.92 Å². The molecule has 2 atom stereocenters. The molecule has 1 aliphatic rings. The van der Waals surface area contributed by atoms with Crippen LogP contribution >= 0.6 is 0 Å². The molecule has 1 unspecified atom stereocenters.